The second-order valence-corrected chi connectivity index (χ2v) is 4.11. The van der Waals surface area contributed by atoms with Gasteiger partial charge in [0.25, 0.3) is 0 Å². The SMILES string of the molecule is C=C(Br)c1ccc(I)cc1. The van der Waals surface area contributed by atoms with Crippen LogP contribution in [0.2, 0.25) is 0 Å². The van der Waals surface area contributed by atoms with Crippen LogP contribution >= 0.6 is 38.5 Å². The van der Waals surface area contributed by atoms with Gasteiger partial charge in [-0.25, -0.2) is 0 Å². The minimum atomic E-state index is 0.934. The van der Waals surface area contributed by atoms with Gasteiger partial charge < -0.3 is 0 Å². The Morgan fingerprint density at radius 2 is 1.80 bits per heavy atom. The molecule has 0 aliphatic rings. The number of hydrogen-bond donors (Lipinski definition) is 0. The molecule has 0 heterocycles. The van der Waals surface area contributed by atoms with Crippen molar-refractivity contribution < 1.29 is 0 Å². The van der Waals surface area contributed by atoms with Crippen molar-refractivity contribution in [3.05, 3.63) is 40.0 Å². The van der Waals surface area contributed by atoms with Crippen LogP contribution in [-0.4, -0.2) is 0 Å². The maximum Gasteiger partial charge on any atom is 0.0175 e. The quantitative estimate of drug-likeness (QED) is 0.695. The van der Waals surface area contributed by atoms with E-state index in [0.717, 1.165) is 10.0 Å². The summed E-state index contributed by atoms with van der Waals surface area (Å²) in [4.78, 5) is 0. The second kappa shape index (κ2) is 3.53. The molecule has 0 saturated heterocycles. The van der Waals surface area contributed by atoms with Gasteiger partial charge in [-0.3, -0.25) is 0 Å². The minimum absolute atomic E-state index is 0.934. The molecule has 0 atom stereocenters. The topological polar surface area (TPSA) is 0 Å². The lowest BCUT2D eigenvalue weighted by atomic mass is 10.2. The number of rotatable bonds is 1. The molecule has 1 rings (SSSR count). The molecule has 1 aromatic carbocycles. The molecular weight excluding hydrogens is 303 g/mol. The van der Waals surface area contributed by atoms with Gasteiger partial charge in [-0.2, -0.15) is 0 Å². The highest BCUT2D eigenvalue weighted by atomic mass is 127. The van der Waals surface area contributed by atoms with Crippen molar-refractivity contribution in [2.75, 3.05) is 0 Å². The molecule has 0 radical (unpaired) electrons. The lowest BCUT2D eigenvalue weighted by Gasteiger charge is -1.95. The summed E-state index contributed by atoms with van der Waals surface area (Å²) in [5.41, 5.74) is 1.14. The van der Waals surface area contributed by atoms with Crippen LogP contribution in [0, 0.1) is 3.57 Å². The van der Waals surface area contributed by atoms with E-state index in [4.69, 9.17) is 0 Å². The van der Waals surface area contributed by atoms with Crippen LogP contribution in [0.1, 0.15) is 5.56 Å². The molecule has 52 valence electrons. The summed E-state index contributed by atoms with van der Waals surface area (Å²) in [6.45, 7) is 3.77. The van der Waals surface area contributed by atoms with Crippen LogP contribution in [0.3, 0.4) is 0 Å². The van der Waals surface area contributed by atoms with Crippen molar-refractivity contribution in [3.8, 4) is 0 Å². The molecule has 0 spiro atoms. The van der Waals surface area contributed by atoms with E-state index in [0.29, 0.717) is 0 Å². The maximum atomic E-state index is 3.77. The van der Waals surface area contributed by atoms with Gasteiger partial charge in [0.05, 0.1) is 0 Å². The Morgan fingerprint density at radius 1 is 1.30 bits per heavy atom. The Labute approximate surface area is 82.6 Å². The average molecular weight is 309 g/mol. The largest absolute Gasteiger partial charge is 0.0841 e. The minimum Gasteiger partial charge on any atom is -0.0841 e. The van der Waals surface area contributed by atoms with Crippen LogP contribution < -0.4 is 0 Å². The van der Waals surface area contributed by atoms with E-state index in [-0.39, 0.29) is 0 Å². The highest BCUT2D eigenvalue weighted by Gasteiger charge is 1.91. The molecule has 0 aromatic heterocycles. The summed E-state index contributed by atoms with van der Waals surface area (Å²) in [6, 6.07) is 8.20. The monoisotopic (exact) mass is 308 g/mol. The van der Waals surface area contributed by atoms with Crippen molar-refractivity contribution in [2.45, 2.75) is 0 Å². The fourth-order valence-corrected chi connectivity index (χ4v) is 1.25. The molecule has 0 nitrogen and oxygen atoms in total. The van der Waals surface area contributed by atoms with Crippen molar-refractivity contribution >= 4 is 43.0 Å². The Hall–Kier alpha value is 0.170. The van der Waals surface area contributed by atoms with Gasteiger partial charge in [0.2, 0.25) is 0 Å². The molecule has 2 heteroatoms. The van der Waals surface area contributed by atoms with Gasteiger partial charge in [-0.1, -0.05) is 34.6 Å². The zero-order valence-electron chi connectivity index (χ0n) is 5.27. The lowest BCUT2D eigenvalue weighted by Crippen LogP contribution is -1.74. The fourth-order valence-electron chi connectivity index (χ4n) is 0.631. The first-order chi connectivity index (χ1) is 4.70. The summed E-state index contributed by atoms with van der Waals surface area (Å²) < 4.78 is 2.18. The standard InChI is InChI=1S/C8H6BrI/c1-6(9)7-2-4-8(10)5-3-7/h2-5H,1H2. The first kappa shape index (κ1) is 8.27. The van der Waals surface area contributed by atoms with E-state index in [9.17, 15) is 0 Å². The third kappa shape index (κ3) is 2.09. The van der Waals surface area contributed by atoms with Crippen LogP contribution in [0.5, 0.6) is 0 Å². The Kier molecular flexibility index (Phi) is 2.92. The average Bonchev–Trinajstić information content (AvgIpc) is 1.88. The molecule has 1 aromatic rings. The van der Waals surface area contributed by atoms with Crippen molar-refractivity contribution in [1.29, 1.82) is 0 Å². The number of benzene rings is 1. The fraction of sp³-hybridized carbons (Fsp3) is 0. The van der Waals surface area contributed by atoms with E-state index in [1.807, 2.05) is 12.1 Å². The van der Waals surface area contributed by atoms with Crippen molar-refractivity contribution in [3.63, 3.8) is 0 Å². The van der Waals surface area contributed by atoms with Crippen LogP contribution in [0.25, 0.3) is 4.48 Å². The zero-order valence-corrected chi connectivity index (χ0v) is 9.02. The summed E-state index contributed by atoms with van der Waals surface area (Å²) in [5, 5.41) is 0. The Bertz CT molecular complexity index is 238. The number of halogens is 2. The summed E-state index contributed by atoms with van der Waals surface area (Å²) in [7, 11) is 0. The smallest absolute Gasteiger partial charge is 0.0175 e. The second-order valence-electron chi connectivity index (χ2n) is 1.91. The molecule has 0 unspecified atom stereocenters. The zero-order chi connectivity index (χ0) is 7.56. The number of hydrogen-bond acceptors (Lipinski definition) is 0. The molecule has 0 N–H and O–H groups in total. The van der Waals surface area contributed by atoms with Gasteiger partial charge >= 0.3 is 0 Å². The van der Waals surface area contributed by atoms with E-state index in [1.165, 1.54) is 3.57 Å². The van der Waals surface area contributed by atoms with Gasteiger partial charge in [0.1, 0.15) is 0 Å². The predicted molar refractivity (Wildman–Crippen MR) is 57.1 cm³/mol. The highest BCUT2D eigenvalue weighted by molar-refractivity contribution is 14.1. The van der Waals surface area contributed by atoms with Gasteiger partial charge in [0.15, 0.2) is 0 Å². The lowest BCUT2D eigenvalue weighted by molar-refractivity contribution is 1.61. The highest BCUT2D eigenvalue weighted by Crippen LogP contribution is 2.18. The van der Waals surface area contributed by atoms with Crippen LogP contribution in [-0.2, 0) is 0 Å². The molecule has 0 bridgehead atoms. The first-order valence-electron chi connectivity index (χ1n) is 2.80. The Balaban J connectivity index is 3.00. The van der Waals surface area contributed by atoms with Gasteiger partial charge in [-0.05, 0) is 40.3 Å². The summed E-state index contributed by atoms with van der Waals surface area (Å²) in [6.07, 6.45) is 0. The van der Waals surface area contributed by atoms with E-state index in [1.54, 1.807) is 0 Å². The molecule has 10 heavy (non-hydrogen) atoms. The third-order valence-corrected chi connectivity index (χ3v) is 2.33. The molecule has 0 aliphatic heterocycles. The van der Waals surface area contributed by atoms with E-state index < -0.39 is 0 Å². The first-order valence-corrected chi connectivity index (χ1v) is 4.67. The summed E-state index contributed by atoms with van der Waals surface area (Å²) >= 11 is 5.59. The molecule has 0 saturated carbocycles. The maximum absolute atomic E-state index is 3.77. The predicted octanol–water partition coefficient (Wildman–Crippen LogP) is 3.66. The van der Waals surface area contributed by atoms with Crippen molar-refractivity contribution in [2.24, 2.45) is 0 Å². The van der Waals surface area contributed by atoms with E-state index >= 15 is 0 Å². The molecular formula is C8H6BrI. The normalized spacial score (nSPS) is 9.40. The van der Waals surface area contributed by atoms with Crippen LogP contribution in [0.15, 0.2) is 30.8 Å². The van der Waals surface area contributed by atoms with Gasteiger partial charge in [-0.15, -0.1) is 0 Å². The Morgan fingerprint density at radius 3 is 2.20 bits per heavy atom. The third-order valence-electron chi connectivity index (χ3n) is 1.16. The van der Waals surface area contributed by atoms with E-state index in [2.05, 4.69) is 57.2 Å². The van der Waals surface area contributed by atoms with Crippen molar-refractivity contribution in [1.82, 2.24) is 0 Å². The molecule has 0 aliphatic carbocycles. The molecule has 0 amide bonds. The van der Waals surface area contributed by atoms with Crippen LogP contribution in [0.4, 0.5) is 0 Å². The molecule has 0 fully saturated rings. The summed E-state index contributed by atoms with van der Waals surface area (Å²) in [5.74, 6) is 0. The van der Waals surface area contributed by atoms with Gasteiger partial charge in [0, 0.05) is 8.05 Å².